The Morgan fingerprint density at radius 1 is 1.24 bits per heavy atom. The van der Waals surface area contributed by atoms with Crippen LogP contribution in [-0.2, 0) is 16.0 Å². The van der Waals surface area contributed by atoms with Gasteiger partial charge in [-0.05, 0) is 24.8 Å². The third kappa shape index (κ3) is 2.48. The molecule has 0 aromatic heterocycles. The summed E-state index contributed by atoms with van der Waals surface area (Å²) in [5.41, 5.74) is -1.58. The Balaban J connectivity index is 2.27. The normalized spacial score (nSPS) is 21.2. The van der Waals surface area contributed by atoms with Gasteiger partial charge in [-0.15, -0.1) is 0 Å². The van der Waals surface area contributed by atoms with E-state index in [2.05, 4.69) is 0 Å². The van der Waals surface area contributed by atoms with Crippen LogP contribution in [0.15, 0.2) is 24.3 Å². The SMILES string of the molecule is CCC(CC)(CC)OC(=O)[C@@]1(O)Cc2ccccc2C1=O. The summed E-state index contributed by atoms with van der Waals surface area (Å²) in [4.78, 5) is 24.8. The molecule has 0 bridgehead atoms. The summed E-state index contributed by atoms with van der Waals surface area (Å²) >= 11 is 0. The number of carbonyl (C=O) groups is 2. The maximum absolute atomic E-state index is 12.4. The maximum Gasteiger partial charge on any atom is 0.347 e. The highest BCUT2D eigenvalue weighted by molar-refractivity contribution is 6.18. The lowest BCUT2D eigenvalue weighted by atomic mass is 9.92. The number of rotatable bonds is 5. The van der Waals surface area contributed by atoms with Gasteiger partial charge >= 0.3 is 5.97 Å². The third-order valence-electron chi connectivity index (χ3n) is 4.66. The van der Waals surface area contributed by atoms with Crippen molar-refractivity contribution in [2.75, 3.05) is 0 Å². The first-order chi connectivity index (χ1) is 9.92. The van der Waals surface area contributed by atoms with Crippen molar-refractivity contribution in [2.24, 2.45) is 0 Å². The van der Waals surface area contributed by atoms with E-state index in [1.807, 2.05) is 20.8 Å². The van der Waals surface area contributed by atoms with Crippen molar-refractivity contribution in [3.8, 4) is 0 Å². The Morgan fingerprint density at radius 2 is 1.81 bits per heavy atom. The van der Waals surface area contributed by atoms with Crippen LogP contribution in [0.5, 0.6) is 0 Å². The van der Waals surface area contributed by atoms with Crippen LogP contribution in [0, 0.1) is 0 Å². The van der Waals surface area contributed by atoms with Crippen molar-refractivity contribution in [1.29, 1.82) is 0 Å². The number of hydrogen-bond donors (Lipinski definition) is 1. The zero-order valence-electron chi connectivity index (χ0n) is 12.8. The molecule has 0 saturated carbocycles. The molecule has 0 fully saturated rings. The van der Waals surface area contributed by atoms with E-state index in [0.717, 1.165) is 0 Å². The molecule has 0 amide bonds. The van der Waals surface area contributed by atoms with E-state index in [9.17, 15) is 14.7 Å². The number of benzene rings is 1. The van der Waals surface area contributed by atoms with Gasteiger partial charge < -0.3 is 9.84 Å². The lowest BCUT2D eigenvalue weighted by molar-refractivity contribution is -0.177. The Hall–Kier alpha value is -1.68. The molecule has 0 aliphatic heterocycles. The number of Topliss-reactive ketones (excluding diaryl/α,β-unsaturated/α-hetero) is 1. The molecular formula is C17H22O4. The number of hydrogen-bond acceptors (Lipinski definition) is 4. The second-order valence-corrected chi connectivity index (χ2v) is 5.66. The lowest BCUT2D eigenvalue weighted by Crippen LogP contribution is -2.49. The van der Waals surface area contributed by atoms with Crippen LogP contribution in [0.3, 0.4) is 0 Å². The molecule has 114 valence electrons. The Bertz CT molecular complexity index is 551. The summed E-state index contributed by atoms with van der Waals surface area (Å²) in [5.74, 6) is -1.38. The highest BCUT2D eigenvalue weighted by Gasteiger charge is 2.52. The first kappa shape index (κ1) is 15.7. The molecular weight excluding hydrogens is 268 g/mol. The number of ketones is 1. The van der Waals surface area contributed by atoms with Crippen molar-refractivity contribution in [3.05, 3.63) is 35.4 Å². The summed E-state index contributed by atoms with van der Waals surface area (Å²) in [6, 6.07) is 6.90. The second-order valence-electron chi connectivity index (χ2n) is 5.66. The van der Waals surface area contributed by atoms with Gasteiger partial charge in [0.2, 0.25) is 11.4 Å². The molecule has 2 rings (SSSR count). The number of esters is 1. The Morgan fingerprint density at radius 3 is 2.33 bits per heavy atom. The fourth-order valence-corrected chi connectivity index (χ4v) is 2.89. The minimum atomic E-state index is -2.07. The quantitative estimate of drug-likeness (QED) is 0.669. The molecule has 1 aliphatic rings. The summed E-state index contributed by atoms with van der Waals surface area (Å²) in [5, 5.41) is 10.6. The maximum atomic E-state index is 12.4. The molecule has 4 nitrogen and oxygen atoms in total. The summed E-state index contributed by atoms with van der Waals surface area (Å²) < 4.78 is 5.56. The minimum Gasteiger partial charge on any atom is -0.457 e. The van der Waals surface area contributed by atoms with Crippen LogP contribution in [0.4, 0.5) is 0 Å². The molecule has 21 heavy (non-hydrogen) atoms. The van der Waals surface area contributed by atoms with Crippen molar-refractivity contribution in [2.45, 2.75) is 57.7 Å². The summed E-state index contributed by atoms with van der Waals surface area (Å²) in [7, 11) is 0. The molecule has 0 radical (unpaired) electrons. The van der Waals surface area contributed by atoms with Crippen molar-refractivity contribution < 1.29 is 19.4 Å². The fraction of sp³-hybridized carbons (Fsp3) is 0.529. The zero-order chi connectivity index (χ0) is 15.7. The van der Waals surface area contributed by atoms with Crippen LogP contribution in [0.1, 0.15) is 56.0 Å². The fourth-order valence-electron chi connectivity index (χ4n) is 2.89. The second kappa shape index (κ2) is 5.60. The molecule has 0 saturated heterocycles. The lowest BCUT2D eigenvalue weighted by Gasteiger charge is -2.33. The van der Waals surface area contributed by atoms with E-state index in [0.29, 0.717) is 30.4 Å². The number of fused-ring (bicyclic) bond motifs is 1. The van der Waals surface area contributed by atoms with E-state index in [1.165, 1.54) is 0 Å². The third-order valence-corrected chi connectivity index (χ3v) is 4.66. The number of aliphatic hydroxyl groups is 1. The molecule has 0 spiro atoms. The van der Waals surface area contributed by atoms with Gasteiger partial charge in [0.1, 0.15) is 5.60 Å². The first-order valence-electron chi connectivity index (χ1n) is 7.51. The molecule has 1 atom stereocenters. The van der Waals surface area contributed by atoms with Gasteiger partial charge in [-0.2, -0.15) is 0 Å². The molecule has 1 N–H and O–H groups in total. The predicted octanol–water partition coefficient (Wildman–Crippen LogP) is 2.67. The molecule has 0 unspecified atom stereocenters. The van der Waals surface area contributed by atoms with Crippen molar-refractivity contribution in [1.82, 2.24) is 0 Å². The molecule has 0 heterocycles. The molecule has 4 heteroatoms. The molecule has 1 aliphatic carbocycles. The van der Waals surface area contributed by atoms with Gasteiger partial charge in [0.25, 0.3) is 0 Å². The van der Waals surface area contributed by atoms with Gasteiger partial charge in [-0.25, -0.2) is 4.79 Å². The topological polar surface area (TPSA) is 63.6 Å². The predicted molar refractivity (Wildman–Crippen MR) is 79.1 cm³/mol. The van der Waals surface area contributed by atoms with Crippen LogP contribution in [0.2, 0.25) is 0 Å². The van der Waals surface area contributed by atoms with Crippen LogP contribution >= 0.6 is 0 Å². The Kier molecular flexibility index (Phi) is 4.19. The highest BCUT2D eigenvalue weighted by atomic mass is 16.6. The number of carbonyl (C=O) groups excluding carboxylic acids is 2. The van der Waals surface area contributed by atoms with E-state index >= 15 is 0 Å². The molecule has 1 aromatic rings. The zero-order valence-corrected chi connectivity index (χ0v) is 12.8. The average molecular weight is 290 g/mol. The van der Waals surface area contributed by atoms with Crippen LogP contribution in [0.25, 0.3) is 0 Å². The molecule has 1 aromatic carbocycles. The Labute approximate surface area is 125 Å². The average Bonchev–Trinajstić information content (AvgIpc) is 2.78. The minimum absolute atomic E-state index is 0.00589. The van der Waals surface area contributed by atoms with Gasteiger partial charge in [0, 0.05) is 12.0 Å². The van der Waals surface area contributed by atoms with E-state index in [4.69, 9.17) is 4.74 Å². The van der Waals surface area contributed by atoms with E-state index in [-0.39, 0.29) is 6.42 Å². The largest absolute Gasteiger partial charge is 0.457 e. The monoisotopic (exact) mass is 290 g/mol. The first-order valence-corrected chi connectivity index (χ1v) is 7.51. The summed E-state index contributed by atoms with van der Waals surface area (Å²) in [6.07, 6.45) is 1.96. The van der Waals surface area contributed by atoms with Gasteiger partial charge in [-0.1, -0.05) is 45.0 Å². The standard InChI is InChI=1S/C17H22O4/c1-4-16(5-2,6-3)21-15(19)17(20)11-12-9-7-8-10-13(12)14(17)18/h7-10,20H,4-6,11H2,1-3H3/t17-/m1/s1. The van der Waals surface area contributed by atoms with Gasteiger partial charge in [0.05, 0.1) is 0 Å². The van der Waals surface area contributed by atoms with E-state index < -0.39 is 23.0 Å². The highest BCUT2D eigenvalue weighted by Crippen LogP contribution is 2.34. The smallest absolute Gasteiger partial charge is 0.347 e. The van der Waals surface area contributed by atoms with Gasteiger partial charge in [-0.3, -0.25) is 4.79 Å². The summed E-state index contributed by atoms with van der Waals surface area (Å²) in [6.45, 7) is 5.82. The van der Waals surface area contributed by atoms with Gasteiger partial charge in [0.15, 0.2) is 0 Å². The van der Waals surface area contributed by atoms with Crippen LogP contribution < -0.4 is 0 Å². The van der Waals surface area contributed by atoms with E-state index in [1.54, 1.807) is 24.3 Å². The number of ether oxygens (including phenoxy) is 1. The van der Waals surface area contributed by atoms with Crippen LogP contribution in [-0.4, -0.2) is 28.1 Å². The van der Waals surface area contributed by atoms with Crippen molar-refractivity contribution >= 4 is 11.8 Å². The van der Waals surface area contributed by atoms with Crippen molar-refractivity contribution in [3.63, 3.8) is 0 Å².